The van der Waals surface area contributed by atoms with Crippen LogP contribution in [0.2, 0.25) is 5.02 Å². The zero-order valence-electron chi connectivity index (χ0n) is 15.2. The molecule has 0 heterocycles. The Kier molecular flexibility index (Phi) is 6.76. The Morgan fingerprint density at radius 2 is 1.70 bits per heavy atom. The highest BCUT2D eigenvalue weighted by Gasteiger charge is 2.14. The highest BCUT2D eigenvalue weighted by atomic mass is 79.9. The molecule has 0 aliphatic rings. The van der Waals surface area contributed by atoms with Crippen molar-refractivity contribution in [3.8, 4) is 5.75 Å². The summed E-state index contributed by atoms with van der Waals surface area (Å²) in [6, 6.07) is 16.4. The van der Waals surface area contributed by atoms with Crippen LogP contribution in [-0.4, -0.2) is 25.6 Å². The number of rotatable bonds is 6. The van der Waals surface area contributed by atoms with E-state index in [4.69, 9.17) is 11.6 Å². The van der Waals surface area contributed by atoms with Gasteiger partial charge in [-0.1, -0.05) is 27.5 Å². The summed E-state index contributed by atoms with van der Waals surface area (Å²) in [5.74, 6) is -0.471. The van der Waals surface area contributed by atoms with Crippen LogP contribution in [0.1, 0.15) is 15.9 Å². The Hall–Kier alpha value is -2.88. The molecule has 3 aromatic carbocycles. The van der Waals surface area contributed by atoms with Crippen LogP contribution in [0.4, 0.5) is 5.69 Å². The second kappa shape index (κ2) is 9.29. The maximum absolute atomic E-state index is 12.4. The van der Waals surface area contributed by atoms with Gasteiger partial charge in [0.05, 0.1) is 11.1 Å². The summed E-state index contributed by atoms with van der Waals surface area (Å²) in [5, 5.41) is 14.0. The molecule has 3 N–H and O–H groups in total. The van der Waals surface area contributed by atoms with Crippen molar-refractivity contribution >= 4 is 55.4 Å². The molecule has 0 aliphatic heterocycles. The van der Waals surface area contributed by atoms with E-state index in [1.54, 1.807) is 12.1 Å². The van der Waals surface area contributed by atoms with E-state index in [1.807, 2.05) is 0 Å². The molecule has 1 amide bonds. The average Bonchev–Trinajstić information content (AvgIpc) is 2.71. The molecule has 0 bridgehead atoms. The third-order valence-electron chi connectivity index (χ3n) is 3.88. The van der Waals surface area contributed by atoms with Crippen LogP contribution < -0.4 is 10.1 Å². The van der Waals surface area contributed by atoms with Crippen molar-refractivity contribution in [1.29, 1.82) is 0 Å². The summed E-state index contributed by atoms with van der Waals surface area (Å²) < 4.78 is 28.0. The molecule has 30 heavy (non-hydrogen) atoms. The molecule has 154 valence electrons. The minimum absolute atomic E-state index is 0.0218. The van der Waals surface area contributed by atoms with Crippen molar-refractivity contribution < 1.29 is 18.3 Å². The summed E-state index contributed by atoms with van der Waals surface area (Å²) in [6.45, 7) is 0. The molecule has 3 aromatic rings. The maximum atomic E-state index is 12.4. The molecule has 3 rings (SSSR count). The molecule has 10 heteroatoms. The molecule has 0 saturated carbocycles. The van der Waals surface area contributed by atoms with Gasteiger partial charge in [-0.3, -0.25) is 9.52 Å². The Balaban J connectivity index is 1.64. The zero-order valence-corrected chi connectivity index (χ0v) is 18.4. The Bertz CT molecular complexity index is 1200. The van der Waals surface area contributed by atoms with Gasteiger partial charge >= 0.3 is 0 Å². The summed E-state index contributed by atoms with van der Waals surface area (Å²) >= 11 is 9.06. The van der Waals surface area contributed by atoms with Gasteiger partial charge in [-0.05, 0) is 66.7 Å². The van der Waals surface area contributed by atoms with E-state index in [0.29, 0.717) is 16.3 Å². The van der Waals surface area contributed by atoms with Gasteiger partial charge < -0.3 is 5.11 Å². The number of nitrogens with zero attached hydrogens (tertiary/aromatic N) is 1. The molecule has 0 radical (unpaired) electrons. The predicted octanol–water partition coefficient (Wildman–Crippen LogP) is 4.37. The monoisotopic (exact) mass is 507 g/mol. The van der Waals surface area contributed by atoms with Crippen molar-refractivity contribution in [2.75, 3.05) is 4.72 Å². The van der Waals surface area contributed by atoms with Gasteiger partial charge in [0.2, 0.25) is 0 Å². The Labute approximate surface area is 186 Å². The summed E-state index contributed by atoms with van der Waals surface area (Å²) in [4.78, 5) is 12.3. The number of carbonyl (C=O) groups is 1. The second-order valence-electron chi connectivity index (χ2n) is 6.04. The first-order chi connectivity index (χ1) is 14.2. The summed E-state index contributed by atoms with van der Waals surface area (Å²) in [5.41, 5.74) is 3.35. The van der Waals surface area contributed by atoms with Gasteiger partial charge in [0.1, 0.15) is 5.75 Å². The van der Waals surface area contributed by atoms with E-state index in [0.717, 1.165) is 4.47 Å². The summed E-state index contributed by atoms with van der Waals surface area (Å²) in [7, 11) is -3.78. The zero-order chi connectivity index (χ0) is 21.7. The van der Waals surface area contributed by atoms with E-state index < -0.39 is 15.9 Å². The van der Waals surface area contributed by atoms with Crippen LogP contribution in [-0.2, 0) is 10.0 Å². The average molecular weight is 509 g/mol. The molecule has 0 aromatic heterocycles. The van der Waals surface area contributed by atoms with Gasteiger partial charge in [-0.2, -0.15) is 5.10 Å². The van der Waals surface area contributed by atoms with Crippen molar-refractivity contribution in [3.05, 3.63) is 87.4 Å². The van der Waals surface area contributed by atoms with Crippen molar-refractivity contribution in [3.63, 3.8) is 0 Å². The lowest BCUT2D eigenvalue weighted by Gasteiger charge is -2.09. The number of amides is 1. The molecular weight excluding hydrogens is 494 g/mol. The van der Waals surface area contributed by atoms with E-state index in [1.165, 1.54) is 60.8 Å². The number of sulfonamides is 1. The number of benzene rings is 3. The number of anilines is 1. The molecule has 0 spiro atoms. The standard InChI is InChI=1S/C20H15BrClN3O4S/c21-15-3-10-19(26)14(11-15)12-23-24-20(27)13-1-6-17(7-2-13)25-30(28,29)18-8-4-16(22)5-9-18/h1-12,25-26H,(H,24,27)/b23-12+. The Morgan fingerprint density at radius 3 is 2.37 bits per heavy atom. The fraction of sp³-hybridized carbons (Fsp3) is 0. The summed E-state index contributed by atoms with van der Waals surface area (Å²) in [6.07, 6.45) is 1.31. The van der Waals surface area contributed by atoms with E-state index in [2.05, 4.69) is 31.2 Å². The van der Waals surface area contributed by atoms with Gasteiger partial charge in [0.25, 0.3) is 15.9 Å². The molecule has 0 aliphatic carbocycles. The number of hydrogen-bond acceptors (Lipinski definition) is 5. The van der Waals surface area contributed by atoms with E-state index in [9.17, 15) is 18.3 Å². The first kappa shape index (κ1) is 21.8. The van der Waals surface area contributed by atoms with Crippen LogP contribution in [0.5, 0.6) is 5.75 Å². The van der Waals surface area contributed by atoms with Crippen LogP contribution in [0.3, 0.4) is 0 Å². The normalized spacial score (nSPS) is 11.4. The fourth-order valence-electron chi connectivity index (χ4n) is 2.37. The third kappa shape index (κ3) is 5.59. The number of hydrazone groups is 1. The first-order valence-electron chi connectivity index (χ1n) is 8.45. The molecule has 0 saturated heterocycles. The van der Waals surface area contributed by atoms with Crippen LogP contribution in [0, 0.1) is 0 Å². The van der Waals surface area contributed by atoms with Gasteiger partial charge in [0.15, 0.2) is 0 Å². The van der Waals surface area contributed by atoms with Crippen LogP contribution in [0.25, 0.3) is 0 Å². The lowest BCUT2D eigenvalue weighted by Crippen LogP contribution is -2.18. The fourth-order valence-corrected chi connectivity index (χ4v) is 3.93. The number of phenols is 1. The third-order valence-corrected chi connectivity index (χ3v) is 6.02. The largest absolute Gasteiger partial charge is 0.507 e. The van der Waals surface area contributed by atoms with Crippen molar-refractivity contribution in [2.45, 2.75) is 4.90 Å². The first-order valence-corrected chi connectivity index (χ1v) is 11.1. The number of nitrogens with one attached hydrogen (secondary N) is 2. The lowest BCUT2D eigenvalue weighted by molar-refractivity contribution is 0.0955. The minimum Gasteiger partial charge on any atom is -0.507 e. The SMILES string of the molecule is O=C(N/N=C/c1cc(Br)ccc1O)c1ccc(NS(=O)(=O)c2ccc(Cl)cc2)cc1. The number of hydrogen-bond donors (Lipinski definition) is 3. The maximum Gasteiger partial charge on any atom is 0.271 e. The smallest absolute Gasteiger partial charge is 0.271 e. The highest BCUT2D eigenvalue weighted by molar-refractivity contribution is 9.10. The van der Waals surface area contributed by atoms with Gasteiger partial charge in [0, 0.05) is 26.3 Å². The molecular formula is C20H15BrClN3O4S. The van der Waals surface area contributed by atoms with Crippen LogP contribution >= 0.6 is 27.5 Å². The lowest BCUT2D eigenvalue weighted by atomic mass is 10.2. The molecule has 0 unspecified atom stereocenters. The van der Waals surface area contributed by atoms with Crippen molar-refractivity contribution in [2.24, 2.45) is 5.10 Å². The van der Waals surface area contributed by atoms with E-state index >= 15 is 0 Å². The highest BCUT2D eigenvalue weighted by Crippen LogP contribution is 2.20. The molecule has 7 nitrogen and oxygen atoms in total. The number of carbonyl (C=O) groups excluding carboxylic acids is 1. The minimum atomic E-state index is -3.78. The van der Waals surface area contributed by atoms with Gasteiger partial charge in [-0.15, -0.1) is 0 Å². The van der Waals surface area contributed by atoms with Gasteiger partial charge in [-0.25, -0.2) is 13.8 Å². The number of halogens is 2. The molecule has 0 atom stereocenters. The molecule has 0 fully saturated rings. The Morgan fingerprint density at radius 1 is 1.03 bits per heavy atom. The van der Waals surface area contributed by atoms with Crippen molar-refractivity contribution in [1.82, 2.24) is 5.43 Å². The predicted molar refractivity (Wildman–Crippen MR) is 120 cm³/mol. The second-order valence-corrected chi connectivity index (χ2v) is 9.07. The van der Waals surface area contributed by atoms with Crippen LogP contribution in [0.15, 0.2) is 81.2 Å². The van der Waals surface area contributed by atoms with E-state index in [-0.39, 0.29) is 16.2 Å². The number of phenolic OH excluding ortho intramolecular Hbond substituents is 1. The quantitative estimate of drug-likeness (QED) is 0.339. The topological polar surface area (TPSA) is 108 Å². The number of aromatic hydroxyl groups is 1.